The zero-order chi connectivity index (χ0) is 23.6. The monoisotopic (exact) mass is 466 g/mol. The Morgan fingerprint density at radius 2 is 1.67 bits per heavy atom. The Kier molecular flexibility index (Phi) is 6.06. The van der Waals surface area contributed by atoms with Crippen molar-refractivity contribution in [3.8, 4) is 0 Å². The summed E-state index contributed by atoms with van der Waals surface area (Å²) in [7, 11) is -3.61. The first-order valence-corrected chi connectivity index (χ1v) is 11.8. The molecule has 2 aromatic carbocycles. The molecule has 0 atom stereocenters. The molecule has 4 aromatic rings. The molecule has 2 heterocycles. The van der Waals surface area contributed by atoms with Crippen molar-refractivity contribution in [2.24, 2.45) is 0 Å². The lowest BCUT2D eigenvalue weighted by molar-refractivity contribution is -0.121. The summed E-state index contributed by atoms with van der Waals surface area (Å²) in [5.41, 5.74) is 8.18. The molecule has 4 rings (SSSR count). The van der Waals surface area contributed by atoms with Gasteiger partial charge in [0.1, 0.15) is 17.1 Å². The van der Waals surface area contributed by atoms with Crippen LogP contribution < -0.4 is 10.9 Å². The second-order valence-corrected chi connectivity index (χ2v) is 9.70. The normalized spacial score (nSPS) is 11.5. The third kappa shape index (κ3) is 4.98. The summed E-state index contributed by atoms with van der Waals surface area (Å²) in [6, 6.07) is 14.6. The van der Waals surface area contributed by atoms with Crippen molar-refractivity contribution in [1.29, 1.82) is 0 Å². The number of amides is 2. The lowest BCUT2D eigenvalue weighted by atomic mass is 10.0. The zero-order valence-corrected chi connectivity index (χ0v) is 18.9. The van der Waals surface area contributed by atoms with E-state index in [0.717, 1.165) is 16.5 Å². The van der Waals surface area contributed by atoms with Gasteiger partial charge in [0.25, 0.3) is 0 Å². The molecule has 0 saturated carbocycles. The summed E-state index contributed by atoms with van der Waals surface area (Å²) in [4.78, 5) is 24.8. The lowest BCUT2D eigenvalue weighted by Gasteiger charge is -2.06. The maximum atomic E-state index is 12.5. The highest BCUT2D eigenvalue weighted by molar-refractivity contribution is 7.90. The number of nitrogens with one attached hydrogen (secondary N) is 2. The molecule has 0 fully saturated rings. The second-order valence-electron chi connectivity index (χ2n) is 7.71. The van der Waals surface area contributed by atoms with Crippen LogP contribution in [-0.2, 0) is 26.8 Å². The second kappa shape index (κ2) is 8.95. The molecule has 0 bridgehead atoms. The molecule has 0 aliphatic rings. The Bertz CT molecular complexity index is 1430. The Morgan fingerprint density at radius 1 is 0.939 bits per heavy atom. The smallest absolute Gasteiger partial charge is 0.305 e. The number of hydrogen-bond acceptors (Lipinski definition) is 6. The van der Waals surface area contributed by atoms with Crippen LogP contribution in [0, 0.1) is 13.8 Å². The van der Waals surface area contributed by atoms with Gasteiger partial charge < -0.3 is 8.83 Å². The number of hydrogen-bond donors (Lipinski definition) is 2. The molecular formula is C24H22N2O6S. The highest BCUT2D eigenvalue weighted by atomic mass is 32.2. The van der Waals surface area contributed by atoms with Crippen LogP contribution in [0.5, 0.6) is 0 Å². The summed E-state index contributed by atoms with van der Waals surface area (Å²) >= 11 is 0. The highest BCUT2D eigenvalue weighted by Crippen LogP contribution is 2.25. The number of rotatable bonds is 6. The van der Waals surface area contributed by atoms with E-state index >= 15 is 0 Å². The molecule has 0 radical (unpaired) electrons. The summed E-state index contributed by atoms with van der Waals surface area (Å²) in [6.07, 6.45) is 1.53. The van der Waals surface area contributed by atoms with Crippen LogP contribution >= 0.6 is 0 Å². The zero-order valence-electron chi connectivity index (χ0n) is 18.0. The van der Waals surface area contributed by atoms with Gasteiger partial charge in [-0.25, -0.2) is 8.42 Å². The molecule has 0 aliphatic heterocycles. The van der Waals surface area contributed by atoms with E-state index < -0.39 is 21.7 Å². The average molecular weight is 467 g/mol. The van der Waals surface area contributed by atoms with E-state index in [0.29, 0.717) is 11.1 Å². The fraction of sp³-hybridized carbons (Fsp3) is 0.167. The van der Waals surface area contributed by atoms with Gasteiger partial charge in [-0.3, -0.25) is 20.4 Å². The average Bonchev–Trinajstić information content (AvgIpc) is 3.40. The molecule has 8 nitrogen and oxygen atoms in total. The van der Waals surface area contributed by atoms with Gasteiger partial charge in [-0.2, -0.15) is 0 Å². The van der Waals surface area contributed by atoms with Crippen molar-refractivity contribution in [1.82, 2.24) is 10.9 Å². The third-order valence-corrected chi connectivity index (χ3v) is 6.91. The van der Waals surface area contributed by atoms with Gasteiger partial charge in [0.15, 0.2) is 15.6 Å². The Morgan fingerprint density at radius 3 is 2.42 bits per heavy atom. The maximum absolute atomic E-state index is 12.5. The maximum Gasteiger partial charge on any atom is 0.305 e. The summed E-state index contributed by atoms with van der Waals surface area (Å²) in [5, 5.41) is 0.842. The van der Waals surface area contributed by atoms with Crippen molar-refractivity contribution in [3.05, 3.63) is 89.1 Å². The number of benzene rings is 2. The Hall–Kier alpha value is -3.85. The first kappa shape index (κ1) is 22.3. The minimum Gasteiger partial charge on any atom is -0.464 e. The molecule has 33 heavy (non-hydrogen) atoms. The first-order valence-electron chi connectivity index (χ1n) is 10.2. The summed E-state index contributed by atoms with van der Waals surface area (Å²) in [5.74, 6) is -1.53. The summed E-state index contributed by atoms with van der Waals surface area (Å²) in [6.45, 7) is 3.96. The van der Waals surface area contributed by atoms with E-state index in [2.05, 4.69) is 10.9 Å². The van der Waals surface area contributed by atoms with Crippen molar-refractivity contribution in [3.63, 3.8) is 0 Å². The predicted octanol–water partition coefficient (Wildman–Crippen LogP) is 3.62. The van der Waals surface area contributed by atoms with Gasteiger partial charge in [-0.15, -0.1) is 0 Å². The fourth-order valence-electron chi connectivity index (χ4n) is 3.35. The van der Waals surface area contributed by atoms with Crippen LogP contribution in [0.2, 0.25) is 0 Å². The third-order valence-electron chi connectivity index (χ3n) is 5.26. The summed E-state index contributed by atoms with van der Waals surface area (Å²) < 4.78 is 35.8. The van der Waals surface area contributed by atoms with Crippen LogP contribution in [0.1, 0.15) is 33.0 Å². The molecule has 9 heteroatoms. The molecule has 0 aliphatic carbocycles. The molecule has 0 saturated heterocycles. The fourth-order valence-corrected chi connectivity index (χ4v) is 4.62. The largest absolute Gasteiger partial charge is 0.464 e. The minimum absolute atomic E-state index is 0.00844. The van der Waals surface area contributed by atoms with Gasteiger partial charge in [0.2, 0.25) is 5.91 Å². The van der Waals surface area contributed by atoms with Gasteiger partial charge in [-0.05, 0) is 61.4 Å². The van der Waals surface area contributed by atoms with E-state index in [1.807, 2.05) is 26.0 Å². The molecular weight excluding hydrogens is 444 g/mol. The molecule has 2 aromatic heterocycles. The predicted molar refractivity (Wildman–Crippen MR) is 121 cm³/mol. The van der Waals surface area contributed by atoms with E-state index in [1.165, 1.54) is 30.5 Å². The van der Waals surface area contributed by atoms with E-state index in [4.69, 9.17) is 8.83 Å². The molecule has 0 unspecified atom stereocenters. The van der Waals surface area contributed by atoms with E-state index in [9.17, 15) is 18.0 Å². The van der Waals surface area contributed by atoms with Crippen molar-refractivity contribution in [2.45, 2.75) is 30.9 Å². The van der Waals surface area contributed by atoms with Crippen molar-refractivity contribution in [2.75, 3.05) is 0 Å². The van der Waals surface area contributed by atoms with Gasteiger partial charge in [0, 0.05) is 10.9 Å². The molecule has 2 amide bonds. The topological polar surface area (TPSA) is 119 Å². The molecule has 0 spiro atoms. The van der Waals surface area contributed by atoms with Crippen LogP contribution in [0.15, 0.2) is 74.6 Å². The SMILES string of the molecule is Cc1cc2occ(CC(=O)NNC(=O)c3ccc(CS(=O)(=O)c4ccccc4)o3)c2cc1C. The van der Waals surface area contributed by atoms with Crippen molar-refractivity contribution >= 4 is 32.6 Å². The van der Waals surface area contributed by atoms with E-state index in [-0.39, 0.29) is 28.6 Å². The van der Waals surface area contributed by atoms with Crippen LogP contribution in [0.25, 0.3) is 11.0 Å². The van der Waals surface area contributed by atoms with Crippen LogP contribution in [0.3, 0.4) is 0 Å². The number of carbonyl (C=O) groups is 2. The molecule has 2 N–H and O–H groups in total. The van der Waals surface area contributed by atoms with E-state index in [1.54, 1.807) is 18.2 Å². The van der Waals surface area contributed by atoms with Crippen LogP contribution in [-0.4, -0.2) is 20.2 Å². The quantitative estimate of drug-likeness (QED) is 0.419. The van der Waals surface area contributed by atoms with Gasteiger partial charge in [-0.1, -0.05) is 18.2 Å². The van der Waals surface area contributed by atoms with Gasteiger partial charge in [0.05, 0.1) is 17.6 Å². The molecule has 170 valence electrons. The minimum atomic E-state index is -3.61. The Balaban J connectivity index is 1.35. The Labute approximate surface area is 190 Å². The number of hydrazine groups is 1. The van der Waals surface area contributed by atoms with Crippen molar-refractivity contribution < 1.29 is 26.8 Å². The first-order chi connectivity index (χ1) is 15.7. The number of furan rings is 2. The number of fused-ring (bicyclic) bond motifs is 1. The lowest BCUT2D eigenvalue weighted by Crippen LogP contribution is -2.42. The number of sulfone groups is 1. The highest BCUT2D eigenvalue weighted by Gasteiger charge is 2.20. The standard InChI is InChI=1S/C24H22N2O6S/c1-15-10-20-17(13-31-22(20)11-16(15)2)12-23(27)25-26-24(28)21-9-8-18(32-21)14-33(29,30)19-6-4-3-5-7-19/h3-11,13H,12,14H2,1-2H3,(H,25,27)(H,26,28). The van der Waals surface area contributed by atoms with Crippen LogP contribution in [0.4, 0.5) is 0 Å². The van der Waals surface area contributed by atoms with Gasteiger partial charge >= 0.3 is 5.91 Å². The number of carbonyl (C=O) groups excluding carboxylic acids is 2. The number of aryl methyl sites for hydroxylation is 2.